The summed E-state index contributed by atoms with van der Waals surface area (Å²) in [5.41, 5.74) is 1.49. The van der Waals surface area contributed by atoms with E-state index in [1.807, 2.05) is 30.3 Å². The zero-order valence-corrected chi connectivity index (χ0v) is 22.1. The second-order valence-electron chi connectivity index (χ2n) is 9.57. The first-order chi connectivity index (χ1) is 19.7. The molecule has 1 unspecified atom stereocenters. The van der Waals surface area contributed by atoms with E-state index in [1.54, 1.807) is 12.1 Å². The Kier molecular flexibility index (Phi) is 9.61. The quantitative estimate of drug-likeness (QED) is 0.441. The molecule has 0 saturated carbocycles. The van der Waals surface area contributed by atoms with Crippen LogP contribution in [0.1, 0.15) is 27.9 Å². The van der Waals surface area contributed by atoms with Gasteiger partial charge in [-0.05, 0) is 47.4 Å². The van der Waals surface area contributed by atoms with Crippen molar-refractivity contribution in [2.45, 2.75) is 25.2 Å². The Morgan fingerprint density at radius 1 is 0.829 bits per heavy atom. The average Bonchev–Trinajstić information content (AvgIpc) is 3.25. The second kappa shape index (κ2) is 13.3. The molecule has 1 aliphatic rings. The normalized spacial score (nSPS) is 14.6. The molecule has 1 fully saturated rings. The van der Waals surface area contributed by atoms with Gasteiger partial charge in [0, 0.05) is 31.7 Å². The molecule has 1 saturated heterocycles. The van der Waals surface area contributed by atoms with Gasteiger partial charge in [-0.3, -0.25) is 9.59 Å². The minimum Gasteiger partial charge on any atom is -0.445 e. The molecule has 0 bridgehead atoms. The van der Waals surface area contributed by atoms with Crippen molar-refractivity contribution in [1.29, 1.82) is 0 Å². The summed E-state index contributed by atoms with van der Waals surface area (Å²) in [6, 6.07) is 18.9. The standard InChI is InChI=1S/C30H30F3N3O5/c31-30(32,33)25-13-11-23(12-14-25)22-7-9-24(10-8-22)27(38)34-26(19-37)28(39)35-15-4-16-36(18-17-35)29(40)41-20-21-5-2-1-3-6-21/h1-3,5-14,26,37H,4,15-20H2,(H,34,38). The number of nitrogens with one attached hydrogen (secondary N) is 1. The predicted octanol–water partition coefficient (Wildman–Crippen LogP) is 4.33. The Balaban J connectivity index is 1.30. The van der Waals surface area contributed by atoms with Crippen molar-refractivity contribution in [3.05, 3.63) is 95.6 Å². The molecule has 0 spiro atoms. The molecule has 3 aromatic carbocycles. The maximum Gasteiger partial charge on any atom is 0.416 e. The predicted molar refractivity (Wildman–Crippen MR) is 145 cm³/mol. The molecule has 0 aromatic heterocycles. The number of hydrogen-bond donors (Lipinski definition) is 2. The minimum atomic E-state index is -4.43. The van der Waals surface area contributed by atoms with Gasteiger partial charge in [-0.25, -0.2) is 4.79 Å². The van der Waals surface area contributed by atoms with E-state index in [0.717, 1.165) is 17.7 Å². The Morgan fingerprint density at radius 2 is 1.41 bits per heavy atom. The van der Waals surface area contributed by atoms with Crippen LogP contribution in [0.4, 0.5) is 18.0 Å². The van der Waals surface area contributed by atoms with Crippen molar-refractivity contribution >= 4 is 17.9 Å². The van der Waals surface area contributed by atoms with E-state index in [1.165, 1.54) is 34.1 Å². The number of hydrogen-bond acceptors (Lipinski definition) is 5. The van der Waals surface area contributed by atoms with Crippen molar-refractivity contribution < 1.29 is 37.4 Å². The molecule has 1 heterocycles. The van der Waals surface area contributed by atoms with Crippen molar-refractivity contribution in [3.63, 3.8) is 0 Å². The molecule has 1 atom stereocenters. The fourth-order valence-corrected chi connectivity index (χ4v) is 4.44. The maximum atomic E-state index is 13.1. The monoisotopic (exact) mass is 569 g/mol. The lowest BCUT2D eigenvalue weighted by atomic mass is 10.0. The summed E-state index contributed by atoms with van der Waals surface area (Å²) < 4.78 is 43.8. The van der Waals surface area contributed by atoms with Gasteiger partial charge in [0.15, 0.2) is 0 Å². The number of nitrogens with zero attached hydrogens (tertiary/aromatic N) is 2. The van der Waals surface area contributed by atoms with Gasteiger partial charge in [0.05, 0.1) is 12.2 Å². The summed E-state index contributed by atoms with van der Waals surface area (Å²) in [7, 11) is 0. The van der Waals surface area contributed by atoms with Crippen LogP contribution in [0.25, 0.3) is 11.1 Å². The molecular formula is C30H30F3N3O5. The number of benzene rings is 3. The van der Waals surface area contributed by atoms with Crippen molar-refractivity contribution in [2.24, 2.45) is 0 Å². The van der Waals surface area contributed by atoms with Crippen LogP contribution in [0.2, 0.25) is 0 Å². The van der Waals surface area contributed by atoms with Crippen LogP contribution in [-0.2, 0) is 22.3 Å². The van der Waals surface area contributed by atoms with Crippen molar-refractivity contribution in [2.75, 3.05) is 32.8 Å². The van der Waals surface area contributed by atoms with E-state index in [-0.39, 0.29) is 25.3 Å². The summed E-state index contributed by atoms with van der Waals surface area (Å²) in [6.45, 7) is 0.731. The lowest BCUT2D eigenvalue weighted by Gasteiger charge is -2.26. The van der Waals surface area contributed by atoms with Crippen LogP contribution in [0.5, 0.6) is 0 Å². The molecule has 0 aliphatic carbocycles. The van der Waals surface area contributed by atoms with E-state index >= 15 is 0 Å². The zero-order chi connectivity index (χ0) is 29.4. The number of rotatable bonds is 7. The largest absolute Gasteiger partial charge is 0.445 e. The summed E-state index contributed by atoms with van der Waals surface area (Å²) in [5.74, 6) is -1.06. The molecule has 216 valence electrons. The highest BCUT2D eigenvalue weighted by molar-refractivity contribution is 5.98. The molecule has 2 N–H and O–H groups in total. The lowest BCUT2D eigenvalue weighted by molar-refractivity contribution is -0.137. The maximum absolute atomic E-state index is 13.1. The number of carbonyl (C=O) groups is 3. The SMILES string of the molecule is O=C(NC(CO)C(=O)N1CCCN(C(=O)OCc2ccccc2)CC1)c1ccc(-c2ccc(C(F)(F)F)cc2)cc1. The van der Waals surface area contributed by atoms with Crippen LogP contribution in [-0.4, -0.2) is 71.6 Å². The summed E-state index contributed by atoms with van der Waals surface area (Å²) in [6.07, 6.45) is -4.40. The van der Waals surface area contributed by atoms with E-state index in [2.05, 4.69) is 5.32 Å². The summed E-state index contributed by atoms with van der Waals surface area (Å²) >= 11 is 0. The third kappa shape index (κ3) is 7.85. The zero-order valence-electron chi connectivity index (χ0n) is 22.1. The first-order valence-corrected chi connectivity index (χ1v) is 13.1. The number of aliphatic hydroxyl groups is 1. The highest BCUT2D eigenvalue weighted by atomic mass is 19.4. The number of ether oxygens (including phenoxy) is 1. The average molecular weight is 570 g/mol. The Labute approximate surface area is 235 Å². The molecule has 0 radical (unpaired) electrons. The highest BCUT2D eigenvalue weighted by Crippen LogP contribution is 2.31. The second-order valence-corrected chi connectivity index (χ2v) is 9.57. The van der Waals surface area contributed by atoms with Crippen molar-refractivity contribution in [3.8, 4) is 11.1 Å². The van der Waals surface area contributed by atoms with Crippen LogP contribution in [0.3, 0.4) is 0 Å². The van der Waals surface area contributed by atoms with Gasteiger partial charge in [0.1, 0.15) is 12.6 Å². The van der Waals surface area contributed by atoms with Gasteiger partial charge in [-0.15, -0.1) is 0 Å². The third-order valence-corrected chi connectivity index (χ3v) is 6.75. The molecule has 1 aliphatic heterocycles. The van der Waals surface area contributed by atoms with Crippen LogP contribution in [0, 0.1) is 0 Å². The number of alkyl halides is 3. The third-order valence-electron chi connectivity index (χ3n) is 6.75. The van der Waals surface area contributed by atoms with Gasteiger partial charge in [0.2, 0.25) is 5.91 Å². The van der Waals surface area contributed by atoms with Gasteiger partial charge in [-0.1, -0.05) is 54.6 Å². The molecule has 11 heteroatoms. The molecule has 41 heavy (non-hydrogen) atoms. The van der Waals surface area contributed by atoms with E-state index in [9.17, 15) is 32.7 Å². The number of halogens is 3. The Hall–Kier alpha value is -4.38. The summed E-state index contributed by atoms with van der Waals surface area (Å²) in [5, 5.41) is 12.4. The van der Waals surface area contributed by atoms with Crippen LogP contribution >= 0.6 is 0 Å². The van der Waals surface area contributed by atoms with E-state index < -0.39 is 42.3 Å². The topological polar surface area (TPSA) is 99.2 Å². The minimum absolute atomic E-state index is 0.142. The molecular weight excluding hydrogens is 539 g/mol. The molecule has 3 amide bonds. The van der Waals surface area contributed by atoms with Crippen LogP contribution in [0.15, 0.2) is 78.9 Å². The van der Waals surface area contributed by atoms with E-state index in [0.29, 0.717) is 30.6 Å². The first kappa shape index (κ1) is 29.6. The van der Waals surface area contributed by atoms with Gasteiger partial charge >= 0.3 is 12.3 Å². The molecule has 3 aromatic rings. The molecule has 8 nitrogen and oxygen atoms in total. The first-order valence-electron chi connectivity index (χ1n) is 13.1. The van der Waals surface area contributed by atoms with Gasteiger partial charge in [0.25, 0.3) is 5.91 Å². The number of carbonyl (C=O) groups excluding carboxylic acids is 3. The fourth-order valence-electron chi connectivity index (χ4n) is 4.44. The Bertz CT molecular complexity index is 1330. The highest BCUT2D eigenvalue weighted by Gasteiger charge is 2.30. The lowest BCUT2D eigenvalue weighted by Crippen LogP contribution is -2.51. The summed E-state index contributed by atoms with van der Waals surface area (Å²) in [4.78, 5) is 41.5. The van der Waals surface area contributed by atoms with Crippen molar-refractivity contribution in [1.82, 2.24) is 15.1 Å². The van der Waals surface area contributed by atoms with E-state index in [4.69, 9.17) is 4.74 Å². The number of aliphatic hydroxyl groups excluding tert-OH is 1. The molecule has 4 rings (SSSR count). The number of amides is 3. The van der Waals surface area contributed by atoms with Gasteiger partial charge in [-0.2, -0.15) is 13.2 Å². The Morgan fingerprint density at radius 3 is 2.02 bits per heavy atom. The van der Waals surface area contributed by atoms with Gasteiger partial charge < -0.3 is 25.0 Å². The fraction of sp³-hybridized carbons (Fsp3) is 0.300. The van der Waals surface area contributed by atoms with Crippen LogP contribution < -0.4 is 5.32 Å². The smallest absolute Gasteiger partial charge is 0.416 e.